The minimum atomic E-state index is -0.0526. The van der Waals surface area contributed by atoms with E-state index in [4.69, 9.17) is 9.84 Å². The Morgan fingerprint density at radius 1 is 1.38 bits per heavy atom. The Labute approximate surface area is 96.3 Å². The normalized spacial score (nSPS) is 31.6. The molecule has 0 aromatic carbocycles. The predicted octanol–water partition coefficient (Wildman–Crippen LogP) is 2.46. The lowest BCUT2D eigenvalue weighted by atomic mass is 9.97. The fraction of sp³-hybridized carbons (Fsp3) is 1.00. The highest BCUT2D eigenvalue weighted by Gasteiger charge is 2.25. The van der Waals surface area contributed by atoms with Crippen molar-refractivity contribution < 1.29 is 9.84 Å². The molecule has 78 valence electrons. The van der Waals surface area contributed by atoms with E-state index in [2.05, 4.69) is 31.9 Å². The summed E-state index contributed by atoms with van der Waals surface area (Å²) in [6.45, 7) is 0.0987. The van der Waals surface area contributed by atoms with Gasteiger partial charge in [-0.3, -0.25) is 0 Å². The Morgan fingerprint density at radius 2 is 2.08 bits per heavy atom. The van der Waals surface area contributed by atoms with E-state index < -0.39 is 0 Å². The van der Waals surface area contributed by atoms with Gasteiger partial charge in [0, 0.05) is 10.2 Å². The van der Waals surface area contributed by atoms with Crippen molar-refractivity contribution in [3.63, 3.8) is 0 Å². The quantitative estimate of drug-likeness (QED) is 0.808. The van der Waals surface area contributed by atoms with Crippen LogP contribution in [0.3, 0.4) is 0 Å². The number of halogens is 2. The zero-order chi connectivity index (χ0) is 9.68. The molecule has 0 aromatic heterocycles. The second-order valence-electron chi connectivity index (χ2n) is 3.43. The van der Waals surface area contributed by atoms with E-state index in [1.807, 2.05) is 0 Å². The molecule has 1 rings (SSSR count). The average Bonchev–Trinajstić information content (AvgIpc) is 2.17. The van der Waals surface area contributed by atoms with E-state index in [0.29, 0.717) is 10.2 Å². The van der Waals surface area contributed by atoms with E-state index >= 15 is 0 Å². The minimum Gasteiger partial charge on any atom is -0.394 e. The molecular formula is C9H16Br2O2. The summed E-state index contributed by atoms with van der Waals surface area (Å²) >= 11 is 6.94. The van der Waals surface area contributed by atoms with E-state index in [1.54, 1.807) is 0 Å². The fourth-order valence-electron chi connectivity index (χ4n) is 1.58. The lowest BCUT2D eigenvalue weighted by molar-refractivity contribution is -0.0366. The third-order valence-electron chi connectivity index (χ3n) is 2.36. The molecule has 1 aliphatic carbocycles. The number of alkyl halides is 2. The highest BCUT2D eigenvalue weighted by atomic mass is 79.9. The first-order valence-electron chi connectivity index (χ1n) is 4.74. The molecule has 0 radical (unpaired) electrons. The third-order valence-corrected chi connectivity index (χ3v) is 4.13. The van der Waals surface area contributed by atoms with Gasteiger partial charge in [-0.1, -0.05) is 44.7 Å². The second kappa shape index (κ2) is 6.38. The van der Waals surface area contributed by atoms with Crippen molar-refractivity contribution in [2.45, 2.75) is 42.7 Å². The molecule has 3 atom stereocenters. The van der Waals surface area contributed by atoms with Gasteiger partial charge in [-0.25, -0.2) is 0 Å². The molecule has 13 heavy (non-hydrogen) atoms. The molecule has 0 spiro atoms. The number of hydrogen-bond donors (Lipinski definition) is 1. The lowest BCUT2D eigenvalue weighted by Crippen LogP contribution is -2.34. The summed E-state index contributed by atoms with van der Waals surface area (Å²) in [4.78, 5) is 0.467. The Hall–Kier alpha value is 0.880. The first-order chi connectivity index (χ1) is 6.27. The van der Waals surface area contributed by atoms with Crippen LogP contribution in [0.25, 0.3) is 0 Å². The fourth-order valence-corrected chi connectivity index (χ4v) is 2.65. The van der Waals surface area contributed by atoms with Crippen molar-refractivity contribution in [2.24, 2.45) is 0 Å². The molecule has 0 aromatic rings. The van der Waals surface area contributed by atoms with Crippen molar-refractivity contribution in [3.8, 4) is 0 Å². The summed E-state index contributed by atoms with van der Waals surface area (Å²) in [6, 6.07) is 0. The van der Waals surface area contributed by atoms with Gasteiger partial charge < -0.3 is 9.84 Å². The standard InChI is InChI=1S/C9H16Br2O2/c10-5-7(6-12)13-9-4-2-1-3-8(9)11/h7-9,12H,1-6H2. The molecule has 1 fully saturated rings. The number of aliphatic hydroxyl groups is 1. The average molecular weight is 316 g/mol. The Morgan fingerprint density at radius 3 is 2.62 bits per heavy atom. The summed E-state index contributed by atoms with van der Waals surface area (Å²) in [6.07, 6.45) is 5.05. The van der Waals surface area contributed by atoms with Gasteiger partial charge in [0.15, 0.2) is 0 Å². The third kappa shape index (κ3) is 3.86. The van der Waals surface area contributed by atoms with Gasteiger partial charge in [-0.05, 0) is 12.8 Å². The number of rotatable bonds is 4. The zero-order valence-corrected chi connectivity index (χ0v) is 10.8. The van der Waals surface area contributed by atoms with Crippen LogP contribution in [0.2, 0.25) is 0 Å². The van der Waals surface area contributed by atoms with Crippen LogP contribution in [0, 0.1) is 0 Å². The van der Waals surface area contributed by atoms with E-state index in [0.717, 1.165) is 6.42 Å². The zero-order valence-electron chi connectivity index (χ0n) is 7.59. The molecule has 1 N–H and O–H groups in total. The SMILES string of the molecule is OCC(CBr)OC1CCCCC1Br. The summed E-state index contributed by atoms with van der Waals surface area (Å²) in [7, 11) is 0. The Kier molecular flexibility index (Phi) is 5.87. The van der Waals surface area contributed by atoms with Crippen LogP contribution in [-0.4, -0.2) is 34.1 Å². The Balaban J connectivity index is 2.32. The number of hydrogen-bond acceptors (Lipinski definition) is 2. The van der Waals surface area contributed by atoms with Crippen LogP contribution >= 0.6 is 31.9 Å². The van der Waals surface area contributed by atoms with Gasteiger partial charge in [-0.15, -0.1) is 0 Å². The van der Waals surface area contributed by atoms with Crippen LogP contribution in [-0.2, 0) is 4.74 Å². The monoisotopic (exact) mass is 314 g/mol. The largest absolute Gasteiger partial charge is 0.394 e. The smallest absolute Gasteiger partial charge is 0.0906 e. The molecule has 2 nitrogen and oxygen atoms in total. The summed E-state index contributed by atoms with van der Waals surface area (Å²) < 4.78 is 5.76. The van der Waals surface area contributed by atoms with Gasteiger partial charge >= 0.3 is 0 Å². The van der Waals surface area contributed by atoms with E-state index in [9.17, 15) is 0 Å². The van der Waals surface area contributed by atoms with E-state index in [1.165, 1.54) is 19.3 Å². The van der Waals surface area contributed by atoms with Crippen LogP contribution < -0.4 is 0 Å². The van der Waals surface area contributed by atoms with Crippen molar-refractivity contribution in [3.05, 3.63) is 0 Å². The summed E-state index contributed by atoms with van der Waals surface area (Å²) in [5, 5.41) is 9.68. The molecule has 0 aliphatic heterocycles. The molecule has 0 bridgehead atoms. The molecule has 0 heterocycles. The van der Waals surface area contributed by atoms with Gasteiger partial charge in [0.25, 0.3) is 0 Å². The Bertz CT molecular complexity index is 140. The maximum atomic E-state index is 8.97. The summed E-state index contributed by atoms with van der Waals surface area (Å²) in [5.74, 6) is 0. The molecular weight excluding hydrogens is 300 g/mol. The highest BCUT2D eigenvalue weighted by Crippen LogP contribution is 2.27. The van der Waals surface area contributed by atoms with Crippen LogP contribution in [0.1, 0.15) is 25.7 Å². The molecule has 0 saturated heterocycles. The van der Waals surface area contributed by atoms with Crippen LogP contribution in [0.5, 0.6) is 0 Å². The second-order valence-corrected chi connectivity index (χ2v) is 5.26. The van der Waals surface area contributed by atoms with Crippen molar-refractivity contribution in [1.29, 1.82) is 0 Å². The van der Waals surface area contributed by atoms with Crippen LogP contribution in [0.4, 0.5) is 0 Å². The van der Waals surface area contributed by atoms with Gasteiger partial charge in [0.05, 0.1) is 18.8 Å². The topological polar surface area (TPSA) is 29.5 Å². The minimum absolute atomic E-state index is 0.0526. The van der Waals surface area contributed by atoms with Crippen molar-refractivity contribution in [2.75, 3.05) is 11.9 Å². The molecule has 3 unspecified atom stereocenters. The van der Waals surface area contributed by atoms with Crippen molar-refractivity contribution in [1.82, 2.24) is 0 Å². The maximum absolute atomic E-state index is 8.97. The van der Waals surface area contributed by atoms with Gasteiger partial charge in [0.2, 0.25) is 0 Å². The maximum Gasteiger partial charge on any atom is 0.0906 e. The molecule has 4 heteroatoms. The highest BCUT2D eigenvalue weighted by molar-refractivity contribution is 9.09. The number of aliphatic hydroxyl groups excluding tert-OH is 1. The van der Waals surface area contributed by atoms with Crippen molar-refractivity contribution >= 4 is 31.9 Å². The molecule has 0 amide bonds. The predicted molar refractivity (Wildman–Crippen MR) is 60.7 cm³/mol. The van der Waals surface area contributed by atoms with Gasteiger partial charge in [0.1, 0.15) is 0 Å². The van der Waals surface area contributed by atoms with E-state index in [-0.39, 0.29) is 18.8 Å². The lowest BCUT2D eigenvalue weighted by Gasteiger charge is -2.30. The first-order valence-corrected chi connectivity index (χ1v) is 6.78. The summed E-state index contributed by atoms with van der Waals surface area (Å²) in [5.41, 5.74) is 0. The van der Waals surface area contributed by atoms with Crippen LogP contribution in [0.15, 0.2) is 0 Å². The molecule has 1 aliphatic rings. The molecule has 1 saturated carbocycles. The van der Waals surface area contributed by atoms with Gasteiger partial charge in [-0.2, -0.15) is 0 Å². The number of ether oxygens (including phenoxy) is 1. The first kappa shape index (κ1) is 12.0.